The van der Waals surface area contributed by atoms with Crippen LogP contribution in [0.15, 0.2) is 53.3 Å². The maximum Gasteiger partial charge on any atom is 0.227 e. The third-order valence-electron chi connectivity index (χ3n) is 5.85. The predicted octanol–water partition coefficient (Wildman–Crippen LogP) is 2.42. The normalized spacial score (nSPS) is 16.8. The number of amides is 1. The van der Waals surface area contributed by atoms with E-state index in [-0.39, 0.29) is 11.3 Å². The van der Waals surface area contributed by atoms with Gasteiger partial charge in [0.05, 0.1) is 7.11 Å². The van der Waals surface area contributed by atoms with Gasteiger partial charge in [0.25, 0.3) is 0 Å². The Bertz CT molecular complexity index is 1020. The van der Waals surface area contributed by atoms with Crippen molar-refractivity contribution in [2.75, 3.05) is 38.2 Å². The lowest BCUT2D eigenvalue weighted by atomic mass is 9.72. The molecule has 0 atom stereocenters. The molecule has 154 valence electrons. The summed E-state index contributed by atoms with van der Waals surface area (Å²) in [6, 6.07) is 11.8. The molecule has 0 aliphatic carbocycles. The van der Waals surface area contributed by atoms with E-state index in [1.165, 1.54) is 5.69 Å². The average molecular weight is 405 g/mol. The van der Waals surface area contributed by atoms with Crippen LogP contribution in [-0.2, 0) is 11.2 Å². The maximum atomic E-state index is 12.5. The number of rotatable bonds is 6. The molecule has 0 unspecified atom stereocenters. The zero-order valence-electron chi connectivity index (χ0n) is 16.8. The van der Waals surface area contributed by atoms with Crippen molar-refractivity contribution in [3.63, 3.8) is 0 Å². The molecule has 2 fully saturated rings. The molecule has 2 aliphatic heterocycles. The lowest BCUT2D eigenvalue weighted by Gasteiger charge is -2.61. The molecule has 0 radical (unpaired) electrons. The molecule has 3 aromatic rings. The van der Waals surface area contributed by atoms with Gasteiger partial charge >= 0.3 is 0 Å². The van der Waals surface area contributed by atoms with Crippen molar-refractivity contribution in [3.05, 3.63) is 54.7 Å². The fourth-order valence-electron chi connectivity index (χ4n) is 4.23. The minimum Gasteiger partial charge on any atom is -0.497 e. The SMILES string of the molecule is COc1ccc(N2CC3(CN(C(=O)CCc4nc(-c5ccncc5)no4)C3)C2)cc1. The molecule has 1 spiro atoms. The first-order valence-corrected chi connectivity index (χ1v) is 10.0. The Morgan fingerprint density at radius 3 is 2.53 bits per heavy atom. The molecule has 5 rings (SSSR count). The van der Waals surface area contributed by atoms with Crippen molar-refractivity contribution >= 4 is 11.6 Å². The van der Waals surface area contributed by atoms with Gasteiger partial charge in [-0.25, -0.2) is 0 Å². The molecule has 8 heteroatoms. The summed E-state index contributed by atoms with van der Waals surface area (Å²) in [4.78, 5) is 25.2. The van der Waals surface area contributed by atoms with E-state index in [0.717, 1.165) is 37.5 Å². The van der Waals surface area contributed by atoms with Gasteiger partial charge < -0.3 is 19.1 Å². The molecule has 30 heavy (non-hydrogen) atoms. The van der Waals surface area contributed by atoms with Crippen molar-refractivity contribution in [1.82, 2.24) is 20.0 Å². The first kappa shape index (κ1) is 18.6. The summed E-state index contributed by atoms with van der Waals surface area (Å²) < 4.78 is 10.5. The zero-order chi connectivity index (χ0) is 20.6. The minimum atomic E-state index is 0.146. The molecule has 1 aromatic carbocycles. The van der Waals surface area contributed by atoms with Crippen LogP contribution in [0.2, 0.25) is 0 Å². The number of pyridine rings is 1. The van der Waals surface area contributed by atoms with E-state index >= 15 is 0 Å². The Morgan fingerprint density at radius 2 is 1.83 bits per heavy atom. The summed E-state index contributed by atoms with van der Waals surface area (Å²) in [7, 11) is 1.67. The van der Waals surface area contributed by atoms with E-state index in [1.54, 1.807) is 19.5 Å². The Balaban J connectivity index is 1.08. The highest BCUT2D eigenvalue weighted by molar-refractivity contribution is 5.77. The highest BCUT2D eigenvalue weighted by Crippen LogP contribution is 2.42. The first-order chi connectivity index (χ1) is 14.6. The smallest absolute Gasteiger partial charge is 0.227 e. The second kappa shape index (κ2) is 7.44. The number of hydrogen-bond donors (Lipinski definition) is 0. The lowest BCUT2D eigenvalue weighted by Crippen LogP contribution is -2.73. The van der Waals surface area contributed by atoms with Gasteiger partial charge in [-0.15, -0.1) is 0 Å². The number of benzene rings is 1. The van der Waals surface area contributed by atoms with Crippen molar-refractivity contribution in [2.24, 2.45) is 5.41 Å². The lowest BCUT2D eigenvalue weighted by molar-refractivity contribution is -0.145. The topological polar surface area (TPSA) is 84.6 Å². The average Bonchev–Trinajstić information content (AvgIpc) is 3.20. The summed E-state index contributed by atoms with van der Waals surface area (Å²) in [6.07, 6.45) is 4.21. The summed E-state index contributed by atoms with van der Waals surface area (Å²) in [5.41, 5.74) is 2.30. The van der Waals surface area contributed by atoms with E-state index in [2.05, 4.69) is 32.2 Å². The number of carbonyl (C=O) groups excluding carboxylic acids is 1. The molecule has 4 heterocycles. The summed E-state index contributed by atoms with van der Waals surface area (Å²) >= 11 is 0. The quantitative estimate of drug-likeness (QED) is 0.623. The first-order valence-electron chi connectivity index (χ1n) is 10.0. The third kappa shape index (κ3) is 3.49. The number of hydrogen-bond acceptors (Lipinski definition) is 7. The number of aryl methyl sites for hydroxylation is 1. The molecule has 2 aromatic heterocycles. The van der Waals surface area contributed by atoms with Crippen LogP contribution in [-0.4, -0.2) is 59.2 Å². The van der Waals surface area contributed by atoms with Gasteiger partial charge in [-0.05, 0) is 36.4 Å². The fourth-order valence-corrected chi connectivity index (χ4v) is 4.23. The fraction of sp³-hybridized carbons (Fsp3) is 0.364. The molecule has 2 saturated heterocycles. The highest BCUT2D eigenvalue weighted by atomic mass is 16.5. The molecule has 0 saturated carbocycles. The van der Waals surface area contributed by atoms with Crippen LogP contribution in [0.3, 0.4) is 0 Å². The summed E-state index contributed by atoms with van der Waals surface area (Å²) in [6.45, 7) is 3.62. The van der Waals surface area contributed by atoms with E-state index in [0.29, 0.717) is 24.6 Å². The van der Waals surface area contributed by atoms with E-state index in [4.69, 9.17) is 9.26 Å². The number of methoxy groups -OCH3 is 1. The van der Waals surface area contributed by atoms with Crippen LogP contribution >= 0.6 is 0 Å². The number of carbonyl (C=O) groups is 1. The minimum absolute atomic E-state index is 0.146. The van der Waals surface area contributed by atoms with Crippen LogP contribution in [0.25, 0.3) is 11.4 Å². The molecular formula is C22H23N5O3. The van der Waals surface area contributed by atoms with Crippen molar-refractivity contribution in [1.29, 1.82) is 0 Å². The number of ether oxygens (including phenoxy) is 1. The van der Waals surface area contributed by atoms with Crippen molar-refractivity contribution in [3.8, 4) is 17.1 Å². The van der Waals surface area contributed by atoms with Gasteiger partial charge in [-0.1, -0.05) is 5.16 Å². The van der Waals surface area contributed by atoms with Crippen molar-refractivity contribution in [2.45, 2.75) is 12.8 Å². The maximum absolute atomic E-state index is 12.5. The summed E-state index contributed by atoms with van der Waals surface area (Å²) in [5.74, 6) is 2.02. The van der Waals surface area contributed by atoms with Gasteiger partial charge in [0.15, 0.2) is 0 Å². The number of aromatic nitrogens is 3. The van der Waals surface area contributed by atoms with Crippen LogP contribution < -0.4 is 9.64 Å². The van der Waals surface area contributed by atoms with Gasteiger partial charge in [0.1, 0.15) is 5.75 Å². The highest BCUT2D eigenvalue weighted by Gasteiger charge is 2.52. The third-order valence-corrected chi connectivity index (χ3v) is 5.85. The largest absolute Gasteiger partial charge is 0.497 e. The number of anilines is 1. The number of likely N-dealkylation sites (tertiary alicyclic amines) is 1. The second-order valence-electron chi connectivity index (χ2n) is 8.05. The van der Waals surface area contributed by atoms with Crippen LogP contribution in [0.5, 0.6) is 5.75 Å². The molecule has 0 bridgehead atoms. The Morgan fingerprint density at radius 1 is 1.10 bits per heavy atom. The van der Waals surface area contributed by atoms with Crippen LogP contribution in [0.4, 0.5) is 5.69 Å². The predicted molar refractivity (Wildman–Crippen MR) is 110 cm³/mol. The Labute approximate surface area is 174 Å². The van der Waals surface area contributed by atoms with Gasteiger partial charge in [0.2, 0.25) is 17.6 Å². The Kier molecular flexibility index (Phi) is 4.61. The molecule has 0 N–H and O–H groups in total. The standard InChI is InChI=1S/C22H23N5O3/c1-29-18-4-2-17(3-5-18)26-12-22(13-26)14-27(15-22)20(28)7-6-19-24-21(25-30-19)16-8-10-23-11-9-16/h2-5,8-11H,6-7,12-15H2,1H3. The van der Waals surface area contributed by atoms with Crippen LogP contribution in [0.1, 0.15) is 12.3 Å². The molecular weight excluding hydrogens is 382 g/mol. The van der Waals surface area contributed by atoms with Gasteiger partial charge in [0, 0.05) is 68.1 Å². The molecule has 8 nitrogen and oxygen atoms in total. The summed E-state index contributed by atoms with van der Waals surface area (Å²) in [5, 5.41) is 3.98. The van der Waals surface area contributed by atoms with Gasteiger partial charge in [-0.2, -0.15) is 4.98 Å². The molecule has 2 aliphatic rings. The second-order valence-corrected chi connectivity index (χ2v) is 8.05. The van der Waals surface area contributed by atoms with Gasteiger partial charge in [-0.3, -0.25) is 9.78 Å². The van der Waals surface area contributed by atoms with Crippen molar-refractivity contribution < 1.29 is 14.1 Å². The molecule has 1 amide bonds. The van der Waals surface area contributed by atoms with E-state index in [9.17, 15) is 4.79 Å². The zero-order valence-corrected chi connectivity index (χ0v) is 16.8. The van der Waals surface area contributed by atoms with E-state index < -0.39 is 0 Å². The monoisotopic (exact) mass is 405 g/mol. The Hall–Kier alpha value is -3.42. The van der Waals surface area contributed by atoms with E-state index in [1.807, 2.05) is 29.2 Å². The van der Waals surface area contributed by atoms with Crippen LogP contribution in [0, 0.1) is 5.41 Å². The number of nitrogens with zero attached hydrogens (tertiary/aromatic N) is 5.